The van der Waals surface area contributed by atoms with Gasteiger partial charge in [0.2, 0.25) is 0 Å². The van der Waals surface area contributed by atoms with E-state index in [2.05, 4.69) is 26.1 Å². The molecule has 0 amide bonds. The molecule has 0 radical (unpaired) electrons. The standard InChI is InChI=1S/C16H20N2O2/c1-5-20-15(19)12(10-17)11-18-14-9-7-6-8-13(14)16(2,3)4/h6-9,11,18H,5H2,1-4H3/b12-11+. The number of benzene rings is 1. The number of hydrogen-bond donors (Lipinski definition) is 1. The van der Waals surface area contributed by atoms with Gasteiger partial charge in [0, 0.05) is 11.9 Å². The van der Waals surface area contributed by atoms with E-state index in [0.717, 1.165) is 11.3 Å². The summed E-state index contributed by atoms with van der Waals surface area (Å²) in [5, 5.41) is 12.0. The fourth-order valence-electron chi connectivity index (χ4n) is 1.76. The van der Waals surface area contributed by atoms with Crippen molar-refractivity contribution in [2.24, 2.45) is 0 Å². The van der Waals surface area contributed by atoms with Gasteiger partial charge in [0.1, 0.15) is 6.07 Å². The minimum Gasteiger partial charge on any atom is -0.462 e. The Morgan fingerprint density at radius 1 is 1.40 bits per heavy atom. The molecule has 4 nitrogen and oxygen atoms in total. The highest BCUT2D eigenvalue weighted by Crippen LogP contribution is 2.29. The van der Waals surface area contributed by atoms with Crippen molar-refractivity contribution < 1.29 is 9.53 Å². The summed E-state index contributed by atoms with van der Waals surface area (Å²) < 4.78 is 4.81. The van der Waals surface area contributed by atoms with Gasteiger partial charge in [-0.3, -0.25) is 0 Å². The Bertz CT molecular complexity index is 548. The first-order valence-corrected chi connectivity index (χ1v) is 6.53. The molecule has 0 spiro atoms. The predicted octanol–water partition coefficient (Wildman–Crippen LogP) is 3.37. The van der Waals surface area contributed by atoms with E-state index < -0.39 is 5.97 Å². The van der Waals surface area contributed by atoms with Crippen molar-refractivity contribution in [3.8, 4) is 6.07 Å². The normalized spacial score (nSPS) is 11.7. The second-order valence-corrected chi connectivity index (χ2v) is 5.33. The first-order valence-electron chi connectivity index (χ1n) is 6.53. The smallest absolute Gasteiger partial charge is 0.350 e. The Kier molecular flexibility index (Phi) is 5.33. The predicted molar refractivity (Wildman–Crippen MR) is 79.1 cm³/mol. The number of rotatable bonds is 4. The van der Waals surface area contributed by atoms with Crippen LogP contribution in [0, 0.1) is 11.3 Å². The molecule has 20 heavy (non-hydrogen) atoms. The van der Waals surface area contributed by atoms with Crippen LogP contribution >= 0.6 is 0 Å². The van der Waals surface area contributed by atoms with Crippen LogP contribution < -0.4 is 5.32 Å². The molecule has 0 bridgehead atoms. The number of nitrogens with zero attached hydrogens (tertiary/aromatic N) is 1. The molecule has 4 heteroatoms. The zero-order valence-corrected chi connectivity index (χ0v) is 12.4. The van der Waals surface area contributed by atoms with Gasteiger partial charge in [-0.25, -0.2) is 4.79 Å². The molecule has 0 atom stereocenters. The highest BCUT2D eigenvalue weighted by Gasteiger charge is 2.17. The quantitative estimate of drug-likeness (QED) is 0.518. The van der Waals surface area contributed by atoms with Crippen LogP contribution in [0.1, 0.15) is 33.3 Å². The highest BCUT2D eigenvalue weighted by atomic mass is 16.5. The van der Waals surface area contributed by atoms with E-state index >= 15 is 0 Å². The van der Waals surface area contributed by atoms with Crippen molar-refractivity contribution in [2.75, 3.05) is 11.9 Å². The number of hydrogen-bond acceptors (Lipinski definition) is 4. The van der Waals surface area contributed by atoms with E-state index in [1.165, 1.54) is 6.20 Å². The summed E-state index contributed by atoms with van der Waals surface area (Å²) in [6, 6.07) is 9.64. The minimum atomic E-state index is -0.615. The number of anilines is 1. The monoisotopic (exact) mass is 272 g/mol. The van der Waals surface area contributed by atoms with Gasteiger partial charge in [0.15, 0.2) is 5.57 Å². The molecule has 0 heterocycles. The molecule has 1 aromatic rings. The lowest BCUT2D eigenvalue weighted by molar-refractivity contribution is -0.138. The van der Waals surface area contributed by atoms with Gasteiger partial charge >= 0.3 is 5.97 Å². The van der Waals surface area contributed by atoms with E-state index in [1.807, 2.05) is 30.3 Å². The molecule has 1 rings (SSSR count). The van der Waals surface area contributed by atoms with Crippen molar-refractivity contribution in [1.29, 1.82) is 5.26 Å². The van der Waals surface area contributed by atoms with Gasteiger partial charge in [0.05, 0.1) is 6.61 Å². The molecule has 0 fully saturated rings. The van der Waals surface area contributed by atoms with E-state index in [0.29, 0.717) is 0 Å². The van der Waals surface area contributed by atoms with Gasteiger partial charge in [-0.15, -0.1) is 0 Å². The number of carbonyl (C=O) groups excluding carboxylic acids is 1. The maximum absolute atomic E-state index is 11.5. The molecule has 0 unspecified atom stereocenters. The van der Waals surface area contributed by atoms with Gasteiger partial charge in [-0.05, 0) is 24.0 Å². The Hall–Kier alpha value is -2.28. The average Bonchev–Trinajstić information content (AvgIpc) is 2.39. The first-order chi connectivity index (χ1) is 9.40. The summed E-state index contributed by atoms with van der Waals surface area (Å²) >= 11 is 0. The van der Waals surface area contributed by atoms with Gasteiger partial charge in [-0.2, -0.15) is 5.26 Å². The lowest BCUT2D eigenvalue weighted by Crippen LogP contribution is -2.14. The van der Waals surface area contributed by atoms with Crippen molar-refractivity contribution in [3.05, 3.63) is 41.6 Å². The molecule has 0 aliphatic rings. The Morgan fingerprint density at radius 2 is 2.05 bits per heavy atom. The van der Waals surface area contributed by atoms with Crippen LogP contribution in [0.15, 0.2) is 36.0 Å². The van der Waals surface area contributed by atoms with Crippen LogP contribution in [-0.4, -0.2) is 12.6 Å². The minimum absolute atomic E-state index is 0.0336. The third-order valence-corrected chi connectivity index (χ3v) is 2.72. The maximum Gasteiger partial charge on any atom is 0.350 e. The third kappa shape index (κ3) is 4.13. The number of nitriles is 1. The van der Waals surface area contributed by atoms with Crippen LogP contribution in [-0.2, 0) is 14.9 Å². The molecule has 1 aromatic carbocycles. The van der Waals surface area contributed by atoms with Crippen LogP contribution in [0.2, 0.25) is 0 Å². The summed E-state index contributed by atoms with van der Waals surface area (Å²) in [5.41, 5.74) is 1.90. The van der Waals surface area contributed by atoms with Crippen LogP contribution in [0.4, 0.5) is 5.69 Å². The summed E-state index contributed by atoms with van der Waals surface area (Å²) in [4.78, 5) is 11.5. The van der Waals surface area contributed by atoms with Gasteiger partial charge in [-0.1, -0.05) is 39.0 Å². The van der Waals surface area contributed by atoms with E-state index in [1.54, 1.807) is 6.92 Å². The second kappa shape index (κ2) is 6.76. The molecule has 0 saturated carbocycles. The Morgan fingerprint density at radius 3 is 2.60 bits per heavy atom. The molecule has 106 valence electrons. The molecule has 0 aliphatic heterocycles. The summed E-state index contributed by atoms with van der Waals surface area (Å²) in [6.07, 6.45) is 1.39. The zero-order chi connectivity index (χ0) is 15.2. The SMILES string of the molecule is CCOC(=O)/C(C#N)=C/Nc1ccccc1C(C)(C)C. The summed E-state index contributed by atoms with van der Waals surface area (Å²) in [5.74, 6) is -0.615. The zero-order valence-electron chi connectivity index (χ0n) is 12.4. The number of nitrogens with one attached hydrogen (secondary N) is 1. The molecular formula is C16H20N2O2. The van der Waals surface area contributed by atoms with Crippen LogP contribution in [0.25, 0.3) is 0 Å². The van der Waals surface area contributed by atoms with Crippen molar-refractivity contribution in [3.63, 3.8) is 0 Å². The lowest BCUT2D eigenvalue weighted by atomic mass is 9.86. The molecule has 0 aromatic heterocycles. The number of carbonyl (C=O) groups is 1. The second-order valence-electron chi connectivity index (χ2n) is 5.33. The summed E-state index contributed by atoms with van der Waals surface area (Å²) in [7, 11) is 0. The van der Waals surface area contributed by atoms with Crippen molar-refractivity contribution >= 4 is 11.7 Å². The number of esters is 1. The molecule has 0 saturated heterocycles. The molecule has 0 aliphatic carbocycles. The largest absolute Gasteiger partial charge is 0.462 e. The number of para-hydroxylation sites is 1. The van der Waals surface area contributed by atoms with Gasteiger partial charge in [0.25, 0.3) is 0 Å². The molecular weight excluding hydrogens is 252 g/mol. The topological polar surface area (TPSA) is 62.1 Å². The fourth-order valence-corrected chi connectivity index (χ4v) is 1.76. The lowest BCUT2D eigenvalue weighted by Gasteiger charge is -2.22. The van der Waals surface area contributed by atoms with Crippen LogP contribution in [0.5, 0.6) is 0 Å². The van der Waals surface area contributed by atoms with E-state index in [9.17, 15) is 4.79 Å². The van der Waals surface area contributed by atoms with E-state index in [4.69, 9.17) is 10.00 Å². The van der Waals surface area contributed by atoms with Crippen molar-refractivity contribution in [1.82, 2.24) is 0 Å². The fraction of sp³-hybridized carbons (Fsp3) is 0.375. The molecule has 1 N–H and O–H groups in total. The average molecular weight is 272 g/mol. The van der Waals surface area contributed by atoms with Gasteiger partial charge < -0.3 is 10.1 Å². The van der Waals surface area contributed by atoms with E-state index in [-0.39, 0.29) is 17.6 Å². The Balaban J connectivity index is 3.00. The maximum atomic E-state index is 11.5. The van der Waals surface area contributed by atoms with Crippen LogP contribution in [0.3, 0.4) is 0 Å². The third-order valence-electron chi connectivity index (χ3n) is 2.72. The first kappa shape index (κ1) is 15.8. The van der Waals surface area contributed by atoms with Crippen molar-refractivity contribution in [2.45, 2.75) is 33.1 Å². The number of ether oxygens (including phenoxy) is 1. The summed E-state index contributed by atoms with van der Waals surface area (Å²) in [6.45, 7) is 8.26. The highest BCUT2D eigenvalue weighted by molar-refractivity contribution is 5.93. The Labute approximate surface area is 120 Å².